The van der Waals surface area contributed by atoms with Gasteiger partial charge in [-0.05, 0) is 19.3 Å². The van der Waals surface area contributed by atoms with Gasteiger partial charge in [-0.15, -0.1) is 6.58 Å². The van der Waals surface area contributed by atoms with E-state index in [0.717, 1.165) is 12.8 Å². The van der Waals surface area contributed by atoms with E-state index in [-0.39, 0.29) is 6.54 Å². The van der Waals surface area contributed by atoms with Crippen LogP contribution in [0.3, 0.4) is 0 Å². The minimum Gasteiger partial charge on any atom is -0.375 e. The predicted molar refractivity (Wildman–Crippen MR) is 51.6 cm³/mol. The lowest BCUT2D eigenvalue weighted by Crippen LogP contribution is -2.37. The predicted octanol–water partition coefficient (Wildman–Crippen LogP) is 1.97. The molecule has 0 amide bonds. The highest BCUT2D eigenvalue weighted by atomic mass is 19.3. The third-order valence-electron chi connectivity index (χ3n) is 2.01. The quantitative estimate of drug-likeness (QED) is 0.483. The number of nitrogens with one attached hydrogen (secondary N) is 1. The van der Waals surface area contributed by atoms with Crippen LogP contribution >= 0.6 is 0 Å². The summed E-state index contributed by atoms with van der Waals surface area (Å²) in [5.41, 5.74) is 0. The Labute approximate surface area is 83.3 Å². The van der Waals surface area contributed by atoms with Crippen molar-refractivity contribution < 1.29 is 13.5 Å². The molecule has 4 heteroatoms. The minimum atomic E-state index is -2.75. The maximum Gasteiger partial charge on any atom is 0.283 e. The second-order valence-electron chi connectivity index (χ2n) is 3.64. The molecule has 0 heterocycles. The summed E-state index contributed by atoms with van der Waals surface area (Å²) in [5, 5.41) is 2.79. The number of hydrogen-bond donors (Lipinski definition) is 1. The average Bonchev–Trinajstić information content (AvgIpc) is 2.93. The summed E-state index contributed by atoms with van der Waals surface area (Å²) in [6, 6.07) is 0.314. The summed E-state index contributed by atoms with van der Waals surface area (Å²) in [5.74, 6) is -2.75. The van der Waals surface area contributed by atoms with E-state index in [1.54, 1.807) is 6.08 Å². The smallest absolute Gasteiger partial charge is 0.283 e. The molecule has 1 aliphatic carbocycles. The fraction of sp³-hybridized carbons (Fsp3) is 0.800. The van der Waals surface area contributed by atoms with E-state index in [9.17, 15) is 8.78 Å². The summed E-state index contributed by atoms with van der Waals surface area (Å²) in [7, 11) is 0. The van der Waals surface area contributed by atoms with Crippen LogP contribution in [0.2, 0.25) is 0 Å². The molecule has 0 unspecified atom stereocenters. The Kier molecular flexibility index (Phi) is 4.48. The van der Waals surface area contributed by atoms with Gasteiger partial charge >= 0.3 is 0 Å². The van der Waals surface area contributed by atoms with E-state index in [2.05, 4.69) is 11.9 Å². The normalized spacial score (nSPS) is 17.0. The lowest BCUT2D eigenvalue weighted by atomic mass is 10.3. The van der Waals surface area contributed by atoms with Crippen molar-refractivity contribution in [3.05, 3.63) is 12.7 Å². The van der Waals surface area contributed by atoms with Gasteiger partial charge in [0.05, 0.1) is 13.2 Å². The lowest BCUT2D eigenvalue weighted by molar-refractivity contribution is -0.0739. The SMILES string of the molecule is C=CCCOCC(F)(F)CNC1CC1. The number of rotatable bonds is 8. The molecule has 0 atom stereocenters. The largest absolute Gasteiger partial charge is 0.375 e. The monoisotopic (exact) mass is 205 g/mol. The van der Waals surface area contributed by atoms with Gasteiger partial charge in [0, 0.05) is 6.04 Å². The first kappa shape index (κ1) is 11.6. The van der Waals surface area contributed by atoms with Gasteiger partial charge in [0.1, 0.15) is 6.61 Å². The van der Waals surface area contributed by atoms with E-state index in [1.165, 1.54) is 0 Å². The van der Waals surface area contributed by atoms with E-state index in [0.29, 0.717) is 19.1 Å². The van der Waals surface area contributed by atoms with Crippen LogP contribution in [-0.2, 0) is 4.74 Å². The van der Waals surface area contributed by atoms with E-state index < -0.39 is 12.5 Å². The molecule has 1 saturated carbocycles. The number of ether oxygens (including phenoxy) is 1. The molecular formula is C10H17F2NO. The van der Waals surface area contributed by atoms with E-state index >= 15 is 0 Å². The van der Waals surface area contributed by atoms with Gasteiger partial charge in [-0.1, -0.05) is 6.08 Å². The molecule has 0 aromatic rings. The van der Waals surface area contributed by atoms with Crippen molar-refractivity contribution in [1.82, 2.24) is 5.32 Å². The minimum absolute atomic E-state index is 0.272. The number of hydrogen-bond acceptors (Lipinski definition) is 2. The summed E-state index contributed by atoms with van der Waals surface area (Å²) >= 11 is 0. The molecule has 0 radical (unpaired) electrons. The highest BCUT2D eigenvalue weighted by Gasteiger charge is 2.32. The maximum atomic E-state index is 13.0. The summed E-state index contributed by atoms with van der Waals surface area (Å²) in [6.07, 6.45) is 4.31. The standard InChI is InChI=1S/C10H17F2NO/c1-2-3-6-14-8-10(11,12)7-13-9-4-5-9/h2,9,13H,1,3-8H2. The van der Waals surface area contributed by atoms with Gasteiger partial charge in [0.15, 0.2) is 0 Å². The van der Waals surface area contributed by atoms with Crippen LogP contribution in [0.15, 0.2) is 12.7 Å². The van der Waals surface area contributed by atoms with Gasteiger partial charge in [0.25, 0.3) is 5.92 Å². The Hall–Kier alpha value is -0.480. The highest BCUT2D eigenvalue weighted by molar-refractivity contribution is 4.83. The molecule has 1 rings (SSSR count). The van der Waals surface area contributed by atoms with Gasteiger partial charge in [-0.2, -0.15) is 0 Å². The fourth-order valence-electron chi connectivity index (χ4n) is 1.02. The molecule has 82 valence electrons. The van der Waals surface area contributed by atoms with Crippen LogP contribution in [-0.4, -0.2) is 31.7 Å². The molecule has 0 bridgehead atoms. The zero-order valence-electron chi connectivity index (χ0n) is 8.27. The number of halogens is 2. The summed E-state index contributed by atoms with van der Waals surface area (Å²) in [4.78, 5) is 0. The first-order valence-corrected chi connectivity index (χ1v) is 4.94. The van der Waals surface area contributed by atoms with Crippen LogP contribution in [0, 0.1) is 0 Å². The molecule has 1 fully saturated rings. The molecular weight excluding hydrogens is 188 g/mol. The molecule has 0 aromatic heterocycles. The van der Waals surface area contributed by atoms with Gasteiger partial charge in [-0.25, -0.2) is 8.78 Å². The summed E-state index contributed by atoms with van der Waals surface area (Å²) in [6.45, 7) is 3.03. The molecule has 1 N–H and O–H groups in total. The molecule has 2 nitrogen and oxygen atoms in total. The Bertz CT molecular complexity index is 181. The van der Waals surface area contributed by atoms with Crippen LogP contribution in [0.25, 0.3) is 0 Å². The van der Waals surface area contributed by atoms with Crippen molar-refractivity contribution in [2.24, 2.45) is 0 Å². The second kappa shape index (κ2) is 5.41. The van der Waals surface area contributed by atoms with Crippen LogP contribution in [0.4, 0.5) is 8.78 Å². The van der Waals surface area contributed by atoms with Crippen molar-refractivity contribution in [2.75, 3.05) is 19.8 Å². The van der Waals surface area contributed by atoms with Crippen molar-refractivity contribution >= 4 is 0 Å². The molecule has 0 saturated heterocycles. The van der Waals surface area contributed by atoms with Crippen molar-refractivity contribution in [2.45, 2.75) is 31.2 Å². The Morgan fingerprint density at radius 1 is 1.50 bits per heavy atom. The molecule has 1 aliphatic rings. The van der Waals surface area contributed by atoms with Gasteiger partial charge in [-0.3, -0.25) is 0 Å². The Morgan fingerprint density at radius 2 is 2.21 bits per heavy atom. The first-order valence-electron chi connectivity index (χ1n) is 4.94. The van der Waals surface area contributed by atoms with Crippen LogP contribution in [0.5, 0.6) is 0 Å². The van der Waals surface area contributed by atoms with E-state index in [1.807, 2.05) is 0 Å². The van der Waals surface area contributed by atoms with Gasteiger partial charge < -0.3 is 10.1 Å². The third kappa shape index (κ3) is 5.29. The molecule has 0 aliphatic heterocycles. The zero-order chi connectivity index (χ0) is 10.4. The molecule has 0 aromatic carbocycles. The summed E-state index contributed by atoms with van der Waals surface area (Å²) < 4.78 is 30.9. The topological polar surface area (TPSA) is 21.3 Å². The average molecular weight is 205 g/mol. The lowest BCUT2D eigenvalue weighted by Gasteiger charge is -2.16. The van der Waals surface area contributed by atoms with Crippen LogP contribution in [0.1, 0.15) is 19.3 Å². The van der Waals surface area contributed by atoms with Crippen molar-refractivity contribution in [1.29, 1.82) is 0 Å². The number of alkyl halides is 2. The van der Waals surface area contributed by atoms with Crippen molar-refractivity contribution in [3.8, 4) is 0 Å². The molecule has 0 spiro atoms. The van der Waals surface area contributed by atoms with Crippen LogP contribution < -0.4 is 5.32 Å². The first-order chi connectivity index (χ1) is 6.64. The maximum absolute atomic E-state index is 13.0. The Morgan fingerprint density at radius 3 is 2.79 bits per heavy atom. The zero-order valence-corrected chi connectivity index (χ0v) is 8.27. The van der Waals surface area contributed by atoms with Crippen molar-refractivity contribution in [3.63, 3.8) is 0 Å². The third-order valence-corrected chi connectivity index (χ3v) is 2.01. The second-order valence-corrected chi connectivity index (χ2v) is 3.64. The highest BCUT2D eigenvalue weighted by Crippen LogP contribution is 2.21. The molecule has 14 heavy (non-hydrogen) atoms. The van der Waals surface area contributed by atoms with Gasteiger partial charge in [0.2, 0.25) is 0 Å². The Balaban J connectivity index is 2.02. The van der Waals surface area contributed by atoms with E-state index in [4.69, 9.17) is 4.74 Å². The fourth-order valence-corrected chi connectivity index (χ4v) is 1.02.